The highest BCUT2D eigenvalue weighted by Crippen LogP contribution is 2.42. The van der Waals surface area contributed by atoms with E-state index >= 15 is 0 Å². The highest BCUT2D eigenvalue weighted by Gasteiger charge is 2.46. The number of hydrogen-bond acceptors (Lipinski definition) is 3. The Morgan fingerprint density at radius 1 is 1.25 bits per heavy atom. The van der Waals surface area contributed by atoms with Crippen molar-refractivity contribution in [3.05, 3.63) is 0 Å². The molecule has 118 valence electrons. The van der Waals surface area contributed by atoms with Crippen LogP contribution in [-0.4, -0.2) is 54.6 Å². The average molecular weight is 281 g/mol. The maximum atomic E-state index is 6.35. The van der Waals surface area contributed by atoms with E-state index in [0.29, 0.717) is 6.04 Å². The fraction of sp³-hybridized carbons (Fsp3) is 1.00. The van der Waals surface area contributed by atoms with Gasteiger partial charge in [-0.25, -0.2) is 0 Å². The summed E-state index contributed by atoms with van der Waals surface area (Å²) in [5, 5.41) is 0. The Labute approximate surface area is 125 Å². The molecule has 2 rings (SSSR count). The third-order valence-corrected chi connectivity index (χ3v) is 6.04. The first-order chi connectivity index (χ1) is 9.53. The summed E-state index contributed by atoms with van der Waals surface area (Å²) >= 11 is 0. The van der Waals surface area contributed by atoms with Crippen molar-refractivity contribution in [1.29, 1.82) is 0 Å². The second-order valence-electron chi connectivity index (χ2n) is 7.46. The van der Waals surface area contributed by atoms with Crippen molar-refractivity contribution < 1.29 is 0 Å². The quantitative estimate of drug-likeness (QED) is 0.863. The van der Waals surface area contributed by atoms with E-state index in [0.717, 1.165) is 18.4 Å². The van der Waals surface area contributed by atoms with Gasteiger partial charge >= 0.3 is 0 Å². The molecule has 1 saturated heterocycles. The summed E-state index contributed by atoms with van der Waals surface area (Å²) < 4.78 is 0. The zero-order valence-electron chi connectivity index (χ0n) is 14.1. The van der Waals surface area contributed by atoms with Crippen molar-refractivity contribution in [2.75, 3.05) is 33.2 Å². The molecule has 2 N–H and O–H groups in total. The van der Waals surface area contributed by atoms with Gasteiger partial charge in [0.1, 0.15) is 0 Å². The molecule has 1 saturated carbocycles. The van der Waals surface area contributed by atoms with Crippen LogP contribution in [-0.2, 0) is 0 Å². The smallest absolute Gasteiger partial charge is 0.0360 e. The van der Waals surface area contributed by atoms with Crippen LogP contribution in [0, 0.1) is 11.8 Å². The standard InChI is InChI=1S/C17H35N3/c1-5-16-12-19(4)9-6-10-20(16)17(13-18)8-7-14(2)11-15(17)3/h14-16H,5-13,18H2,1-4H3. The van der Waals surface area contributed by atoms with Crippen LogP contribution >= 0.6 is 0 Å². The van der Waals surface area contributed by atoms with Gasteiger partial charge in [0, 0.05) is 31.2 Å². The fourth-order valence-electron chi connectivity index (χ4n) is 4.71. The first-order valence-corrected chi connectivity index (χ1v) is 8.68. The lowest BCUT2D eigenvalue weighted by Gasteiger charge is -2.54. The maximum Gasteiger partial charge on any atom is 0.0360 e. The summed E-state index contributed by atoms with van der Waals surface area (Å²) in [7, 11) is 2.27. The molecule has 2 fully saturated rings. The van der Waals surface area contributed by atoms with Gasteiger partial charge in [0.2, 0.25) is 0 Å². The van der Waals surface area contributed by atoms with Crippen LogP contribution in [0.4, 0.5) is 0 Å². The van der Waals surface area contributed by atoms with Crippen LogP contribution in [0.2, 0.25) is 0 Å². The summed E-state index contributed by atoms with van der Waals surface area (Å²) in [5.74, 6) is 1.60. The highest BCUT2D eigenvalue weighted by molar-refractivity contribution is 5.02. The molecule has 0 spiro atoms. The van der Waals surface area contributed by atoms with Gasteiger partial charge in [0.25, 0.3) is 0 Å². The molecule has 0 bridgehead atoms. The van der Waals surface area contributed by atoms with E-state index in [9.17, 15) is 0 Å². The molecule has 3 nitrogen and oxygen atoms in total. The predicted molar refractivity (Wildman–Crippen MR) is 86.9 cm³/mol. The molecular weight excluding hydrogens is 246 g/mol. The molecule has 0 aromatic rings. The van der Waals surface area contributed by atoms with E-state index in [4.69, 9.17) is 5.73 Å². The summed E-state index contributed by atoms with van der Waals surface area (Å²) in [4.78, 5) is 5.33. The largest absolute Gasteiger partial charge is 0.329 e. The molecular formula is C17H35N3. The van der Waals surface area contributed by atoms with E-state index in [1.54, 1.807) is 0 Å². The van der Waals surface area contributed by atoms with E-state index in [2.05, 4.69) is 37.6 Å². The minimum Gasteiger partial charge on any atom is -0.329 e. The Balaban J connectivity index is 2.23. The van der Waals surface area contributed by atoms with Crippen molar-refractivity contribution in [2.24, 2.45) is 17.6 Å². The molecule has 1 heterocycles. The molecule has 4 atom stereocenters. The minimum atomic E-state index is 0.262. The lowest BCUT2D eigenvalue weighted by atomic mass is 9.68. The third kappa shape index (κ3) is 3.05. The van der Waals surface area contributed by atoms with Crippen molar-refractivity contribution in [1.82, 2.24) is 9.80 Å². The Morgan fingerprint density at radius 3 is 2.60 bits per heavy atom. The fourth-order valence-corrected chi connectivity index (χ4v) is 4.71. The number of nitrogens with zero attached hydrogens (tertiary/aromatic N) is 2. The first-order valence-electron chi connectivity index (χ1n) is 8.68. The zero-order chi connectivity index (χ0) is 14.8. The molecule has 3 heteroatoms. The first kappa shape index (κ1) is 16.3. The second-order valence-corrected chi connectivity index (χ2v) is 7.46. The topological polar surface area (TPSA) is 32.5 Å². The Morgan fingerprint density at radius 2 is 2.00 bits per heavy atom. The van der Waals surface area contributed by atoms with Crippen LogP contribution in [0.3, 0.4) is 0 Å². The summed E-state index contributed by atoms with van der Waals surface area (Å²) in [6.45, 7) is 11.7. The van der Waals surface area contributed by atoms with Gasteiger partial charge in [-0.05, 0) is 57.5 Å². The van der Waals surface area contributed by atoms with Crippen molar-refractivity contribution in [3.63, 3.8) is 0 Å². The second kappa shape index (κ2) is 6.76. The molecule has 2 aliphatic rings. The van der Waals surface area contributed by atoms with Gasteiger partial charge in [-0.1, -0.05) is 20.8 Å². The number of rotatable bonds is 3. The summed E-state index contributed by atoms with van der Waals surface area (Å²) in [6.07, 6.45) is 6.53. The molecule has 0 radical (unpaired) electrons. The number of hydrogen-bond donors (Lipinski definition) is 1. The van der Waals surface area contributed by atoms with E-state index in [1.165, 1.54) is 51.7 Å². The van der Waals surface area contributed by atoms with Crippen molar-refractivity contribution in [2.45, 2.75) is 64.5 Å². The molecule has 4 unspecified atom stereocenters. The van der Waals surface area contributed by atoms with Crippen molar-refractivity contribution in [3.8, 4) is 0 Å². The number of nitrogens with two attached hydrogens (primary N) is 1. The predicted octanol–water partition coefficient (Wildman–Crippen LogP) is 2.56. The third-order valence-electron chi connectivity index (χ3n) is 6.04. The molecule has 0 amide bonds. The monoisotopic (exact) mass is 281 g/mol. The Bertz CT molecular complexity index is 307. The van der Waals surface area contributed by atoms with Crippen molar-refractivity contribution >= 4 is 0 Å². The van der Waals surface area contributed by atoms with E-state index in [1.807, 2.05) is 0 Å². The summed E-state index contributed by atoms with van der Waals surface area (Å²) in [6, 6.07) is 0.682. The number of likely N-dealkylation sites (N-methyl/N-ethyl adjacent to an activating group) is 1. The van der Waals surface area contributed by atoms with Gasteiger partial charge < -0.3 is 10.6 Å². The molecule has 20 heavy (non-hydrogen) atoms. The maximum absolute atomic E-state index is 6.35. The van der Waals surface area contributed by atoms with Gasteiger partial charge in [0.05, 0.1) is 0 Å². The average Bonchev–Trinajstić information content (AvgIpc) is 2.61. The van der Waals surface area contributed by atoms with Gasteiger partial charge in [0.15, 0.2) is 0 Å². The van der Waals surface area contributed by atoms with Crippen LogP contribution in [0.1, 0.15) is 52.9 Å². The SMILES string of the molecule is CCC1CN(C)CCCN1C1(CN)CCC(C)CC1C. The van der Waals surface area contributed by atoms with Crippen LogP contribution in [0.5, 0.6) is 0 Å². The lowest BCUT2D eigenvalue weighted by molar-refractivity contribution is -0.0283. The highest BCUT2D eigenvalue weighted by atomic mass is 15.3. The van der Waals surface area contributed by atoms with Crippen LogP contribution in [0.15, 0.2) is 0 Å². The van der Waals surface area contributed by atoms with E-state index < -0.39 is 0 Å². The molecule has 1 aliphatic carbocycles. The molecule has 1 aliphatic heterocycles. The van der Waals surface area contributed by atoms with E-state index in [-0.39, 0.29) is 5.54 Å². The molecule has 0 aromatic heterocycles. The Hall–Kier alpha value is -0.120. The van der Waals surface area contributed by atoms with Gasteiger partial charge in [-0.2, -0.15) is 0 Å². The van der Waals surface area contributed by atoms with Gasteiger partial charge in [-0.15, -0.1) is 0 Å². The lowest BCUT2D eigenvalue weighted by Crippen LogP contribution is -2.63. The van der Waals surface area contributed by atoms with Crippen LogP contribution in [0.25, 0.3) is 0 Å². The summed E-state index contributed by atoms with van der Waals surface area (Å²) in [5.41, 5.74) is 6.61. The van der Waals surface area contributed by atoms with Gasteiger partial charge in [-0.3, -0.25) is 4.90 Å². The minimum absolute atomic E-state index is 0.262. The molecule has 0 aromatic carbocycles. The van der Waals surface area contributed by atoms with Crippen LogP contribution < -0.4 is 5.73 Å². The normalized spacial score (nSPS) is 41.5. The Kier molecular flexibility index (Phi) is 5.49. The zero-order valence-corrected chi connectivity index (χ0v) is 14.1.